The summed E-state index contributed by atoms with van der Waals surface area (Å²) >= 11 is 0. The zero-order chi connectivity index (χ0) is 20.5. The molecule has 29 heavy (non-hydrogen) atoms. The molecule has 0 spiro atoms. The summed E-state index contributed by atoms with van der Waals surface area (Å²) in [5.74, 6) is -0.508. The van der Waals surface area contributed by atoms with E-state index in [1.165, 1.54) is 12.4 Å². The van der Waals surface area contributed by atoms with E-state index in [4.69, 9.17) is 0 Å². The molecule has 0 saturated carbocycles. The third-order valence-electron chi connectivity index (χ3n) is 5.19. The van der Waals surface area contributed by atoms with Crippen molar-refractivity contribution >= 4 is 11.7 Å². The van der Waals surface area contributed by atoms with Crippen molar-refractivity contribution < 1.29 is 13.6 Å². The molecule has 1 aliphatic rings. The van der Waals surface area contributed by atoms with Crippen LogP contribution in [0.2, 0.25) is 0 Å². The fourth-order valence-corrected chi connectivity index (χ4v) is 3.34. The third kappa shape index (κ3) is 3.67. The number of carbonyl (C=O) groups is 1. The van der Waals surface area contributed by atoms with E-state index in [0.29, 0.717) is 26.2 Å². The van der Waals surface area contributed by atoms with Crippen LogP contribution in [0.15, 0.2) is 36.9 Å². The normalized spacial score (nSPS) is 14.3. The maximum Gasteiger partial charge on any atom is 0.256 e. The highest BCUT2D eigenvalue weighted by atomic mass is 19.1. The van der Waals surface area contributed by atoms with Gasteiger partial charge in [0, 0.05) is 44.0 Å². The highest BCUT2D eigenvalue weighted by molar-refractivity contribution is 5.94. The lowest BCUT2D eigenvalue weighted by Gasteiger charge is -2.35. The van der Waals surface area contributed by atoms with Crippen molar-refractivity contribution in [2.24, 2.45) is 0 Å². The van der Waals surface area contributed by atoms with Gasteiger partial charge in [-0.3, -0.25) is 9.36 Å². The number of imidazole rings is 1. The Morgan fingerprint density at radius 3 is 2.34 bits per heavy atom. The minimum absolute atomic E-state index is 0.116. The van der Waals surface area contributed by atoms with Gasteiger partial charge in [-0.05, 0) is 26.0 Å². The first kappa shape index (κ1) is 19.0. The molecule has 0 aliphatic carbocycles. The first-order chi connectivity index (χ1) is 13.9. The maximum absolute atomic E-state index is 13.9. The molecule has 7 nitrogen and oxygen atoms in total. The summed E-state index contributed by atoms with van der Waals surface area (Å²) < 4.78 is 28.9. The predicted octanol–water partition coefficient (Wildman–Crippen LogP) is 2.52. The van der Waals surface area contributed by atoms with Crippen LogP contribution in [0.5, 0.6) is 0 Å². The summed E-state index contributed by atoms with van der Waals surface area (Å²) in [6.07, 6.45) is 3.23. The minimum atomic E-state index is -0.844. The van der Waals surface area contributed by atoms with Crippen molar-refractivity contribution in [3.63, 3.8) is 0 Å². The van der Waals surface area contributed by atoms with E-state index in [2.05, 4.69) is 19.9 Å². The number of hydrogen-bond donors (Lipinski definition) is 0. The number of amides is 1. The highest BCUT2D eigenvalue weighted by Gasteiger charge is 2.25. The van der Waals surface area contributed by atoms with Gasteiger partial charge < -0.3 is 9.80 Å². The summed E-state index contributed by atoms with van der Waals surface area (Å²) in [4.78, 5) is 29.2. The Kier molecular flexibility index (Phi) is 4.96. The van der Waals surface area contributed by atoms with E-state index in [9.17, 15) is 13.6 Å². The molecular formula is C20H20F2N6O. The van der Waals surface area contributed by atoms with Crippen LogP contribution >= 0.6 is 0 Å². The van der Waals surface area contributed by atoms with E-state index in [1.54, 1.807) is 11.2 Å². The van der Waals surface area contributed by atoms with Crippen LogP contribution in [0.25, 0.3) is 5.82 Å². The Morgan fingerprint density at radius 2 is 1.69 bits per heavy atom. The second-order valence-electron chi connectivity index (χ2n) is 6.92. The third-order valence-corrected chi connectivity index (χ3v) is 5.19. The molecule has 0 radical (unpaired) electrons. The van der Waals surface area contributed by atoms with Crippen molar-refractivity contribution in [2.45, 2.75) is 13.8 Å². The number of halogens is 2. The van der Waals surface area contributed by atoms with Gasteiger partial charge in [0.1, 0.15) is 35.9 Å². The molecule has 1 aromatic carbocycles. The SMILES string of the molecule is Cc1ncn(-c2cc(N3CCN(C(=O)c4ccc(F)cc4F)CC3)ncn2)c1C. The van der Waals surface area contributed by atoms with Gasteiger partial charge >= 0.3 is 0 Å². The predicted molar refractivity (Wildman–Crippen MR) is 103 cm³/mol. The Hall–Kier alpha value is -3.36. The van der Waals surface area contributed by atoms with Crippen LogP contribution in [0.4, 0.5) is 14.6 Å². The highest BCUT2D eigenvalue weighted by Crippen LogP contribution is 2.19. The van der Waals surface area contributed by atoms with Gasteiger partial charge in [0.15, 0.2) is 0 Å². The van der Waals surface area contributed by atoms with Gasteiger partial charge in [0.25, 0.3) is 5.91 Å². The number of nitrogens with zero attached hydrogens (tertiary/aromatic N) is 6. The first-order valence-corrected chi connectivity index (χ1v) is 9.26. The van der Waals surface area contributed by atoms with Gasteiger partial charge in [0.2, 0.25) is 0 Å². The Labute approximate surface area is 166 Å². The second-order valence-corrected chi connectivity index (χ2v) is 6.92. The minimum Gasteiger partial charge on any atom is -0.353 e. The lowest BCUT2D eigenvalue weighted by Crippen LogP contribution is -2.49. The zero-order valence-corrected chi connectivity index (χ0v) is 16.1. The van der Waals surface area contributed by atoms with Gasteiger partial charge in [-0.1, -0.05) is 0 Å². The van der Waals surface area contributed by atoms with E-state index < -0.39 is 17.5 Å². The number of hydrogen-bond acceptors (Lipinski definition) is 5. The van der Waals surface area contributed by atoms with Crippen LogP contribution in [0.1, 0.15) is 21.7 Å². The fourth-order valence-electron chi connectivity index (χ4n) is 3.34. The van der Waals surface area contributed by atoms with Gasteiger partial charge in [0.05, 0.1) is 11.3 Å². The van der Waals surface area contributed by atoms with Gasteiger partial charge in [-0.25, -0.2) is 23.7 Å². The van der Waals surface area contributed by atoms with Crippen LogP contribution in [-0.4, -0.2) is 56.5 Å². The largest absolute Gasteiger partial charge is 0.353 e. The molecule has 1 amide bonds. The van der Waals surface area contributed by atoms with Gasteiger partial charge in [-0.15, -0.1) is 0 Å². The van der Waals surface area contributed by atoms with Crippen molar-refractivity contribution in [1.82, 2.24) is 24.4 Å². The summed E-state index contributed by atoms with van der Waals surface area (Å²) in [6.45, 7) is 5.84. The molecule has 4 rings (SSSR count). The quantitative estimate of drug-likeness (QED) is 0.678. The monoisotopic (exact) mass is 398 g/mol. The zero-order valence-electron chi connectivity index (χ0n) is 16.1. The molecule has 3 aromatic rings. The summed E-state index contributed by atoms with van der Waals surface area (Å²) in [5.41, 5.74) is 1.83. The smallest absolute Gasteiger partial charge is 0.256 e. The number of carbonyl (C=O) groups excluding carboxylic acids is 1. The van der Waals surface area contributed by atoms with Crippen LogP contribution in [0.3, 0.4) is 0 Å². The summed E-state index contributed by atoms with van der Waals surface area (Å²) in [5, 5.41) is 0. The second kappa shape index (κ2) is 7.57. The Bertz CT molecular complexity index is 1060. The van der Waals surface area contributed by atoms with Crippen molar-refractivity contribution in [1.29, 1.82) is 0 Å². The number of piperazine rings is 1. The van der Waals surface area contributed by atoms with E-state index in [1.807, 2.05) is 24.5 Å². The van der Waals surface area contributed by atoms with Crippen molar-refractivity contribution in [2.75, 3.05) is 31.1 Å². The Balaban J connectivity index is 1.47. The van der Waals surface area contributed by atoms with E-state index in [-0.39, 0.29) is 5.56 Å². The number of aryl methyl sites for hydroxylation is 1. The van der Waals surface area contributed by atoms with Crippen LogP contribution < -0.4 is 4.90 Å². The average molecular weight is 398 g/mol. The summed E-state index contributed by atoms with van der Waals surface area (Å²) in [6, 6.07) is 4.89. The standard InChI is InChI=1S/C20H20F2N6O/c1-13-14(2)28(12-25-13)19-10-18(23-11-24-19)26-5-7-27(8-6-26)20(29)16-4-3-15(21)9-17(16)22/h3-4,9-12H,5-8H2,1-2H3. The molecule has 1 aliphatic heterocycles. The number of benzene rings is 1. The maximum atomic E-state index is 13.9. The number of rotatable bonds is 3. The molecule has 0 atom stereocenters. The lowest BCUT2D eigenvalue weighted by molar-refractivity contribution is 0.0741. The van der Waals surface area contributed by atoms with Crippen molar-refractivity contribution in [3.8, 4) is 5.82 Å². The molecule has 0 unspecified atom stereocenters. The lowest BCUT2D eigenvalue weighted by atomic mass is 10.1. The van der Waals surface area contributed by atoms with Gasteiger partial charge in [-0.2, -0.15) is 0 Å². The van der Waals surface area contributed by atoms with Crippen molar-refractivity contribution in [3.05, 3.63) is 65.5 Å². The topological polar surface area (TPSA) is 67.2 Å². The van der Waals surface area contributed by atoms with E-state index >= 15 is 0 Å². The average Bonchev–Trinajstić information content (AvgIpc) is 3.06. The first-order valence-electron chi connectivity index (χ1n) is 9.26. The van der Waals surface area contributed by atoms with E-state index in [0.717, 1.165) is 35.2 Å². The molecule has 1 saturated heterocycles. The molecule has 9 heteroatoms. The molecular weight excluding hydrogens is 378 g/mol. The Morgan fingerprint density at radius 1 is 0.966 bits per heavy atom. The fraction of sp³-hybridized carbons (Fsp3) is 0.300. The molecule has 3 heterocycles. The molecule has 2 aromatic heterocycles. The van der Waals surface area contributed by atoms with Crippen LogP contribution in [-0.2, 0) is 0 Å². The number of anilines is 1. The molecule has 150 valence electrons. The molecule has 1 fully saturated rings. The molecule has 0 N–H and O–H groups in total. The molecule has 0 bridgehead atoms. The number of aromatic nitrogens is 4. The summed E-state index contributed by atoms with van der Waals surface area (Å²) in [7, 11) is 0. The van der Waals surface area contributed by atoms with Crippen LogP contribution in [0, 0.1) is 25.5 Å².